The molecule has 0 aliphatic heterocycles. The van der Waals surface area contributed by atoms with Gasteiger partial charge in [-0.25, -0.2) is 9.78 Å². The van der Waals surface area contributed by atoms with Crippen molar-refractivity contribution in [2.24, 2.45) is 0 Å². The first-order chi connectivity index (χ1) is 11.7. The summed E-state index contributed by atoms with van der Waals surface area (Å²) in [6, 6.07) is 11.3. The third-order valence-electron chi connectivity index (χ3n) is 3.48. The van der Waals surface area contributed by atoms with Crippen LogP contribution in [-0.2, 0) is 11.3 Å². The number of ether oxygens (including phenoxy) is 1. The van der Waals surface area contributed by atoms with Crippen molar-refractivity contribution in [3.05, 3.63) is 64.5 Å². The van der Waals surface area contributed by atoms with Gasteiger partial charge in [0, 0.05) is 10.9 Å². The van der Waals surface area contributed by atoms with E-state index >= 15 is 0 Å². The third kappa shape index (κ3) is 2.70. The average molecular weight is 359 g/mol. The molecule has 0 aliphatic carbocycles. The Morgan fingerprint density at radius 3 is 2.96 bits per heavy atom. The monoisotopic (exact) mass is 358 g/mol. The normalized spacial score (nSPS) is 11.0. The molecule has 3 heterocycles. The Balaban J connectivity index is 1.49. The van der Waals surface area contributed by atoms with Gasteiger partial charge in [0.05, 0.1) is 9.90 Å². The molecular formula is C17H11ClN2O3S. The van der Waals surface area contributed by atoms with Gasteiger partial charge in [0.1, 0.15) is 24.3 Å². The Labute approximate surface area is 145 Å². The van der Waals surface area contributed by atoms with Gasteiger partial charge in [0.2, 0.25) is 5.89 Å². The van der Waals surface area contributed by atoms with Gasteiger partial charge in [-0.2, -0.15) is 0 Å². The average Bonchev–Trinajstić information content (AvgIpc) is 3.33. The summed E-state index contributed by atoms with van der Waals surface area (Å²) < 4.78 is 10.7. The molecule has 24 heavy (non-hydrogen) atoms. The molecule has 0 unspecified atom stereocenters. The number of thiophene rings is 1. The van der Waals surface area contributed by atoms with Crippen molar-refractivity contribution < 1.29 is 13.9 Å². The number of oxazole rings is 1. The van der Waals surface area contributed by atoms with E-state index in [1.807, 2.05) is 41.8 Å². The van der Waals surface area contributed by atoms with E-state index in [-0.39, 0.29) is 12.3 Å². The van der Waals surface area contributed by atoms with Crippen molar-refractivity contribution in [3.63, 3.8) is 0 Å². The van der Waals surface area contributed by atoms with E-state index in [1.54, 1.807) is 0 Å². The molecule has 0 atom stereocenters. The predicted octanol–water partition coefficient (Wildman–Crippen LogP) is 4.89. The van der Waals surface area contributed by atoms with Crippen molar-refractivity contribution >= 4 is 39.8 Å². The van der Waals surface area contributed by atoms with Crippen molar-refractivity contribution in [2.75, 3.05) is 0 Å². The lowest BCUT2D eigenvalue weighted by molar-refractivity contribution is 0.0462. The second-order valence-electron chi connectivity index (χ2n) is 5.06. The predicted molar refractivity (Wildman–Crippen MR) is 92.2 cm³/mol. The minimum atomic E-state index is -0.531. The molecule has 0 saturated heterocycles. The summed E-state index contributed by atoms with van der Waals surface area (Å²) in [6.07, 6.45) is 1.48. The molecule has 0 aliphatic rings. The number of aromatic nitrogens is 2. The highest BCUT2D eigenvalue weighted by Crippen LogP contribution is 2.28. The maximum Gasteiger partial charge on any atom is 0.356 e. The maximum absolute atomic E-state index is 12.2. The van der Waals surface area contributed by atoms with E-state index in [1.165, 1.54) is 17.6 Å². The number of H-pyrrole nitrogens is 1. The van der Waals surface area contributed by atoms with Crippen LogP contribution in [0.2, 0.25) is 5.02 Å². The molecule has 1 aromatic carbocycles. The van der Waals surface area contributed by atoms with E-state index in [0.717, 1.165) is 15.8 Å². The lowest BCUT2D eigenvalue weighted by atomic mass is 10.2. The van der Waals surface area contributed by atoms with Gasteiger partial charge < -0.3 is 14.1 Å². The number of hydrogen-bond donors (Lipinski definition) is 1. The van der Waals surface area contributed by atoms with Gasteiger partial charge in [-0.15, -0.1) is 11.3 Å². The van der Waals surface area contributed by atoms with Gasteiger partial charge in [-0.05, 0) is 17.5 Å². The molecule has 0 spiro atoms. The SMILES string of the molecule is O=C(OCc1coc(-c2cccs2)n1)c1[nH]c2ccccc2c1Cl. The number of para-hydroxylation sites is 1. The van der Waals surface area contributed by atoms with Crippen LogP contribution >= 0.6 is 22.9 Å². The maximum atomic E-state index is 12.2. The van der Waals surface area contributed by atoms with Crippen LogP contribution in [0.4, 0.5) is 0 Å². The number of nitrogens with one attached hydrogen (secondary N) is 1. The summed E-state index contributed by atoms with van der Waals surface area (Å²) >= 11 is 7.77. The van der Waals surface area contributed by atoms with Crippen LogP contribution in [0, 0.1) is 0 Å². The van der Waals surface area contributed by atoms with Gasteiger partial charge in [-0.1, -0.05) is 35.9 Å². The molecular weight excluding hydrogens is 348 g/mol. The van der Waals surface area contributed by atoms with Crippen LogP contribution in [0.3, 0.4) is 0 Å². The minimum absolute atomic E-state index is 0.0133. The zero-order valence-electron chi connectivity index (χ0n) is 12.3. The first kappa shape index (κ1) is 15.0. The number of esters is 1. The van der Waals surface area contributed by atoms with E-state index in [0.29, 0.717) is 16.6 Å². The molecule has 0 amide bonds. The Kier molecular flexibility index (Phi) is 3.84. The Morgan fingerprint density at radius 2 is 2.17 bits per heavy atom. The van der Waals surface area contributed by atoms with Gasteiger partial charge in [0.15, 0.2) is 0 Å². The van der Waals surface area contributed by atoms with Crippen molar-refractivity contribution in [1.29, 1.82) is 0 Å². The largest absolute Gasteiger partial charge is 0.454 e. The number of carbonyl (C=O) groups is 1. The number of hydrogen-bond acceptors (Lipinski definition) is 5. The van der Waals surface area contributed by atoms with Crippen molar-refractivity contribution in [3.8, 4) is 10.8 Å². The smallest absolute Gasteiger partial charge is 0.356 e. The highest BCUT2D eigenvalue weighted by Gasteiger charge is 2.18. The fourth-order valence-electron chi connectivity index (χ4n) is 2.35. The molecule has 0 bridgehead atoms. The third-order valence-corrected chi connectivity index (χ3v) is 4.73. The lowest BCUT2D eigenvalue weighted by Crippen LogP contribution is -2.06. The summed E-state index contributed by atoms with van der Waals surface area (Å²) in [5.41, 5.74) is 1.56. The molecule has 5 nitrogen and oxygen atoms in total. The van der Waals surface area contributed by atoms with E-state index < -0.39 is 5.97 Å². The Bertz CT molecular complexity index is 1000. The number of nitrogens with zero attached hydrogens (tertiary/aromatic N) is 1. The second kappa shape index (κ2) is 6.14. The molecule has 0 saturated carbocycles. The summed E-state index contributed by atoms with van der Waals surface area (Å²) in [5.74, 6) is -0.0171. The molecule has 1 N–H and O–H groups in total. The van der Waals surface area contributed by atoms with Crippen LogP contribution in [-0.4, -0.2) is 15.9 Å². The van der Waals surface area contributed by atoms with Gasteiger partial charge >= 0.3 is 5.97 Å². The molecule has 0 radical (unpaired) electrons. The zero-order chi connectivity index (χ0) is 16.5. The number of halogens is 1. The van der Waals surface area contributed by atoms with Crippen molar-refractivity contribution in [1.82, 2.24) is 9.97 Å². The number of benzene rings is 1. The van der Waals surface area contributed by atoms with E-state index in [9.17, 15) is 4.79 Å². The molecule has 3 aromatic heterocycles. The van der Waals surface area contributed by atoms with Gasteiger partial charge in [-0.3, -0.25) is 0 Å². The molecule has 0 fully saturated rings. The number of rotatable bonds is 4. The Hall–Kier alpha value is -2.57. The minimum Gasteiger partial charge on any atom is -0.454 e. The van der Waals surface area contributed by atoms with Crippen molar-refractivity contribution in [2.45, 2.75) is 6.61 Å². The highest BCUT2D eigenvalue weighted by molar-refractivity contribution is 7.13. The van der Waals surface area contributed by atoms with Crippen LogP contribution in [0.5, 0.6) is 0 Å². The topological polar surface area (TPSA) is 68.1 Å². The number of aromatic amines is 1. The molecule has 120 valence electrons. The fourth-order valence-corrected chi connectivity index (χ4v) is 3.29. The second-order valence-corrected chi connectivity index (χ2v) is 6.38. The van der Waals surface area contributed by atoms with Gasteiger partial charge in [0.25, 0.3) is 0 Å². The quantitative estimate of drug-likeness (QED) is 0.527. The van der Waals surface area contributed by atoms with Crippen LogP contribution in [0.1, 0.15) is 16.2 Å². The molecule has 4 rings (SSSR count). The van der Waals surface area contributed by atoms with E-state index in [2.05, 4.69) is 9.97 Å². The summed E-state index contributed by atoms with van der Waals surface area (Å²) in [7, 11) is 0. The fraction of sp³-hybridized carbons (Fsp3) is 0.0588. The first-order valence-electron chi connectivity index (χ1n) is 7.14. The summed E-state index contributed by atoms with van der Waals surface area (Å²) in [6.45, 7) is 0.0133. The molecule has 4 aromatic rings. The zero-order valence-corrected chi connectivity index (χ0v) is 13.9. The van der Waals surface area contributed by atoms with Crippen LogP contribution in [0.25, 0.3) is 21.7 Å². The van der Waals surface area contributed by atoms with E-state index in [4.69, 9.17) is 20.8 Å². The lowest BCUT2D eigenvalue weighted by Gasteiger charge is -2.00. The summed E-state index contributed by atoms with van der Waals surface area (Å²) in [5, 5.41) is 3.08. The van der Waals surface area contributed by atoms with Crippen LogP contribution in [0.15, 0.2) is 52.5 Å². The number of carbonyl (C=O) groups excluding carboxylic acids is 1. The first-order valence-corrected chi connectivity index (χ1v) is 8.40. The Morgan fingerprint density at radius 1 is 1.29 bits per heavy atom. The standard InChI is InChI=1S/C17H11ClN2O3S/c18-14-11-4-1-2-5-12(11)20-15(14)17(21)23-9-10-8-22-16(19-10)13-6-3-7-24-13/h1-8,20H,9H2. The van der Waals surface area contributed by atoms with Crippen LogP contribution < -0.4 is 0 Å². The number of fused-ring (bicyclic) bond motifs is 1. The highest BCUT2D eigenvalue weighted by atomic mass is 35.5. The summed E-state index contributed by atoms with van der Waals surface area (Å²) in [4.78, 5) is 20.5. The molecule has 7 heteroatoms.